The minimum absolute atomic E-state index is 0.205. The molecule has 0 aromatic heterocycles. The number of carbonyl (C=O) groups is 2. The van der Waals surface area contributed by atoms with Crippen LogP contribution < -0.4 is 15.5 Å². The van der Waals surface area contributed by atoms with E-state index in [2.05, 4.69) is 31.8 Å². The van der Waals surface area contributed by atoms with Crippen molar-refractivity contribution in [1.82, 2.24) is 5.43 Å². The number of nitrogens with zero attached hydrogens (tertiary/aromatic N) is 1. The molecule has 0 radical (unpaired) electrons. The number of rotatable bonds is 7. The molecule has 0 aliphatic carbocycles. The lowest BCUT2D eigenvalue weighted by Crippen LogP contribution is -2.20. The van der Waals surface area contributed by atoms with Crippen LogP contribution in [0.2, 0.25) is 5.02 Å². The minimum atomic E-state index is -0.330. The molecule has 8 heteroatoms. The van der Waals surface area contributed by atoms with Crippen LogP contribution in [-0.2, 0) is 4.79 Å². The van der Waals surface area contributed by atoms with Gasteiger partial charge in [-0.2, -0.15) is 5.10 Å². The van der Waals surface area contributed by atoms with E-state index in [1.807, 2.05) is 32.0 Å². The Bertz CT molecular complexity index is 1160. The van der Waals surface area contributed by atoms with Gasteiger partial charge < -0.3 is 10.1 Å². The first-order valence-electron chi connectivity index (χ1n) is 9.70. The van der Waals surface area contributed by atoms with Crippen molar-refractivity contribution in [2.24, 2.45) is 5.10 Å². The topological polar surface area (TPSA) is 79.8 Å². The molecule has 3 rings (SSSR count). The highest BCUT2D eigenvalue weighted by atomic mass is 79.9. The normalized spacial score (nSPS) is 10.8. The van der Waals surface area contributed by atoms with Gasteiger partial charge in [-0.25, -0.2) is 5.43 Å². The summed E-state index contributed by atoms with van der Waals surface area (Å²) in [6, 6.07) is 17.7. The first kappa shape index (κ1) is 23.5. The summed E-state index contributed by atoms with van der Waals surface area (Å²) in [7, 11) is 0. The molecule has 0 unspecified atom stereocenters. The molecule has 6 nitrogen and oxygen atoms in total. The third-order valence-electron chi connectivity index (χ3n) is 4.47. The molecule has 2 N–H and O–H groups in total. The zero-order valence-electron chi connectivity index (χ0n) is 17.5. The number of nitrogens with one attached hydrogen (secondary N) is 2. The number of halogens is 2. The standard InChI is InChI=1S/C24H21BrClN3O3/c1-15-3-6-17(7-4-15)24(31)29-27-13-18-11-19(25)8-10-22(18)32-14-23(30)28-20-9-5-16(2)21(26)12-20/h3-13H,14H2,1-2H3,(H,28,30)(H,29,31)/b27-13-. The summed E-state index contributed by atoms with van der Waals surface area (Å²) < 4.78 is 6.47. The van der Waals surface area contributed by atoms with E-state index in [1.165, 1.54) is 6.21 Å². The Kier molecular flexibility index (Phi) is 8.03. The van der Waals surface area contributed by atoms with Crippen molar-refractivity contribution in [2.75, 3.05) is 11.9 Å². The molecule has 0 saturated heterocycles. The highest BCUT2D eigenvalue weighted by Gasteiger charge is 2.09. The lowest BCUT2D eigenvalue weighted by molar-refractivity contribution is -0.118. The van der Waals surface area contributed by atoms with E-state index in [0.29, 0.717) is 27.6 Å². The Morgan fingerprint density at radius 3 is 2.53 bits per heavy atom. The van der Waals surface area contributed by atoms with E-state index in [-0.39, 0.29) is 18.4 Å². The van der Waals surface area contributed by atoms with Gasteiger partial charge in [-0.05, 0) is 61.9 Å². The summed E-state index contributed by atoms with van der Waals surface area (Å²) >= 11 is 9.49. The zero-order valence-corrected chi connectivity index (χ0v) is 19.8. The molecule has 3 aromatic rings. The SMILES string of the molecule is Cc1ccc(C(=O)N/N=C\c2cc(Br)ccc2OCC(=O)Nc2ccc(C)c(Cl)c2)cc1. The lowest BCUT2D eigenvalue weighted by Gasteiger charge is -2.11. The Balaban J connectivity index is 1.62. The summed E-state index contributed by atoms with van der Waals surface area (Å²) in [4.78, 5) is 24.5. The number of anilines is 1. The minimum Gasteiger partial charge on any atom is -0.483 e. The quantitative estimate of drug-likeness (QED) is 0.323. The fourth-order valence-corrected chi connectivity index (χ4v) is 3.25. The van der Waals surface area contributed by atoms with Crippen molar-refractivity contribution in [1.29, 1.82) is 0 Å². The van der Waals surface area contributed by atoms with Gasteiger partial charge >= 0.3 is 0 Å². The van der Waals surface area contributed by atoms with E-state index in [1.54, 1.807) is 42.5 Å². The van der Waals surface area contributed by atoms with Crippen LogP contribution in [-0.4, -0.2) is 24.6 Å². The van der Waals surface area contributed by atoms with Gasteiger partial charge in [0.15, 0.2) is 6.61 Å². The van der Waals surface area contributed by atoms with Crippen LogP contribution >= 0.6 is 27.5 Å². The first-order chi connectivity index (χ1) is 15.3. The van der Waals surface area contributed by atoms with Gasteiger partial charge in [-0.3, -0.25) is 9.59 Å². The van der Waals surface area contributed by atoms with E-state index in [4.69, 9.17) is 16.3 Å². The van der Waals surface area contributed by atoms with Gasteiger partial charge in [0.05, 0.1) is 6.21 Å². The van der Waals surface area contributed by atoms with Crippen LogP contribution in [0, 0.1) is 13.8 Å². The highest BCUT2D eigenvalue weighted by molar-refractivity contribution is 9.10. The molecule has 0 aliphatic rings. The molecule has 32 heavy (non-hydrogen) atoms. The Hall–Kier alpha value is -3.16. The van der Waals surface area contributed by atoms with Crippen LogP contribution in [0.5, 0.6) is 5.75 Å². The number of hydrazone groups is 1. The zero-order chi connectivity index (χ0) is 23.1. The van der Waals surface area contributed by atoms with Crippen molar-refractivity contribution in [2.45, 2.75) is 13.8 Å². The molecular weight excluding hydrogens is 494 g/mol. The summed E-state index contributed by atoms with van der Waals surface area (Å²) in [6.45, 7) is 3.63. The molecule has 164 valence electrons. The van der Waals surface area contributed by atoms with Crippen molar-refractivity contribution in [3.63, 3.8) is 0 Å². The van der Waals surface area contributed by atoms with Crippen LogP contribution in [0.1, 0.15) is 27.0 Å². The van der Waals surface area contributed by atoms with E-state index in [0.717, 1.165) is 15.6 Å². The predicted octanol–water partition coefficient (Wildman–Crippen LogP) is 5.50. The average molecular weight is 515 g/mol. The summed E-state index contributed by atoms with van der Waals surface area (Å²) in [5.41, 5.74) is 6.17. The molecular formula is C24H21BrClN3O3. The Morgan fingerprint density at radius 1 is 1.06 bits per heavy atom. The largest absolute Gasteiger partial charge is 0.483 e. The number of amides is 2. The molecule has 0 saturated carbocycles. The first-order valence-corrected chi connectivity index (χ1v) is 10.9. The lowest BCUT2D eigenvalue weighted by atomic mass is 10.1. The van der Waals surface area contributed by atoms with Crippen molar-refractivity contribution in [3.05, 3.63) is 92.4 Å². The third kappa shape index (κ3) is 6.67. The number of hydrogen-bond acceptors (Lipinski definition) is 4. The molecule has 3 aromatic carbocycles. The third-order valence-corrected chi connectivity index (χ3v) is 5.37. The molecule has 0 spiro atoms. The van der Waals surface area contributed by atoms with Crippen LogP contribution in [0.3, 0.4) is 0 Å². The number of benzene rings is 3. The number of carbonyl (C=O) groups excluding carboxylic acids is 2. The van der Waals surface area contributed by atoms with Gasteiger partial charge in [-0.15, -0.1) is 0 Å². The van der Waals surface area contributed by atoms with Gasteiger partial charge in [0.1, 0.15) is 5.75 Å². The average Bonchev–Trinajstić information content (AvgIpc) is 2.76. The maximum Gasteiger partial charge on any atom is 0.271 e. The van der Waals surface area contributed by atoms with Crippen molar-refractivity contribution in [3.8, 4) is 5.75 Å². The van der Waals surface area contributed by atoms with E-state index >= 15 is 0 Å². The smallest absolute Gasteiger partial charge is 0.271 e. The second-order valence-corrected chi connectivity index (χ2v) is 8.37. The van der Waals surface area contributed by atoms with E-state index < -0.39 is 0 Å². The molecule has 0 aliphatic heterocycles. The number of aryl methyl sites for hydroxylation is 2. The molecule has 2 amide bonds. The Labute approximate surface area is 199 Å². The molecule has 0 atom stereocenters. The molecule has 0 fully saturated rings. The Morgan fingerprint density at radius 2 is 1.81 bits per heavy atom. The molecule has 0 heterocycles. The van der Waals surface area contributed by atoms with Crippen molar-refractivity contribution < 1.29 is 14.3 Å². The van der Waals surface area contributed by atoms with Crippen LogP contribution in [0.25, 0.3) is 0 Å². The van der Waals surface area contributed by atoms with Gasteiger partial charge in [-0.1, -0.05) is 51.3 Å². The van der Waals surface area contributed by atoms with Crippen LogP contribution in [0.4, 0.5) is 5.69 Å². The van der Waals surface area contributed by atoms with Crippen LogP contribution in [0.15, 0.2) is 70.2 Å². The molecule has 0 bridgehead atoms. The second-order valence-electron chi connectivity index (χ2n) is 7.05. The monoisotopic (exact) mass is 513 g/mol. The highest BCUT2D eigenvalue weighted by Crippen LogP contribution is 2.23. The summed E-state index contributed by atoms with van der Waals surface area (Å²) in [5, 5.41) is 7.33. The van der Waals surface area contributed by atoms with E-state index in [9.17, 15) is 9.59 Å². The maximum atomic E-state index is 12.3. The fraction of sp³-hybridized carbons (Fsp3) is 0.125. The predicted molar refractivity (Wildman–Crippen MR) is 131 cm³/mol. The summed E-state index contributed by atoms with van der Waals surface area (Å²) in [5.74, 6) is -0.211. The second kappa shape index (κ2) is 10.9. The van der Waals surface area contributed by atoms with Gasteiger partial charge in [0.2, 0.25) is 0 Å². The van der Waals surface area contributed by atoms with Gasteiger partial charge in [0.25, 0.3) is 11.8 Å². The summed E-state index contributed by atoms with van der Waals surface area (Å²) in [6.07, 6.45) is 1.46. The van der Waals surface area contributed by atoms with Crippen molar-refractivity contribution >= 4 is 51.2 Å². The number of hydrogen-bond donors (Lipinski definition) is 2. The maximum absolute atomic E-state index is 12.3. The number of ether oxygens (including phenoxy) is 1. The van der Waals surface area contributed by atoms with Gasteiger partial charge in [0, 0.05) is 26.3 Å². The fourth-order valence-electron chi connectivity index (χ4n) is 2.69.